The number of aryl methyl sites for hydroxylation is 1. The number of benzene rings is 4. The van der Waals surface area contributed by atoms with Gasteiger partial charge in [0.25, 0.3) is 0 Å². The maximum Gasteiger partial charge on any atom is 0.152 e. The minimum Gasteiger partial charge on any atom is -0.354 e. The molecule has 6 rings (SSSR count). The van der Waals surface area contributed by atoms with Gasteiger partial charge >= 0.3 is 0 Å². The second-order valence-electron chi connectivity index (χ2n) is 8.27. The first-order valence-electron chi connectivity index (χ1n) is 11.4. The summed E-state index contributed by atoms with van der Waals surface area (Å²) in [6, 6.07) is 35.7. The van der Waals surface area contributed by atoms with Crippen molar-refractivity contribution in [2.24, 2.45) is 7.05 Å². The van der Waals surface area contributed by atoms with Crippen molar-refractivity contribution >= 4 is 34.4 Å². The van der Waals surface area contributed by atoms with Crippen LogP contribution in [-0.4, -0.2) is 22.1 Å². The monoisotopic (exact) mass is 456 g/mol. The summed E-state index contributed by atoms with van der Waals surface area (Å²) in [6.45, 7) is 0. The second-order valence-corrected chi connectivity index (χ2v) is 8.27. The van der Waals surface area contributed by atoms with Gasteiger partial charge in [-0.3, -0.25) is 9.59 Å². The van der Waals surface area contributed by atoms with Crippen molar-refractivity contribution in [3.05, 3.63) is 120 Å². The molecule has 2 heterocycles. The van der Waals surface area contributed by atoms with Gasteiger partial charge in [0.1, 0.15) is 0 Å². The molecule has 0 radical (unpaired) electrons. The highest BCUT2D eigenvalue weighted by molar-refractivity contribution is 6.05. The molecule has 0 saturated carbocycles. The van der Waals surface area contributed by atoms with Gasteiger partial charge in [0.05, 0.1) is 11.4 Å². The second kappa shape index (κ2) is 9.65. The Bertz CT molecular complexity index is 1630. The van der Waals surface area contributed by atoms with Crippen LogP contribution in [0.5, 0.6) is 0 Å². The van der Waals surface area contributed by atoms with Crippen molar-refractivity contribution < 1.29 is 9.59 Å². The molecular weight excluding hydrogens is 432 g/mol. The van der Waals surface area contributed by atoms with Gasteiger partial charge in [-0.05, 0) is 23.3 Å². The summed E-state index contributed by atoms with van der Waals surface area (Å²) in [6.07, 6.45) is 1.87. The van der Waals surface area contributed by atoms with E-state index in [9.17, 15) is 9.59 Å². The van der Waals surface area contributed by atoms with E-state index in [1.54, 1.807) is 0 Å². The van der Waals surface area contributed by atoms with Crippen LogP contribution in [0.15, 0.2) is 109 Å². The minimum atomic E-state index is 0.729. The zero-order chi connectivity index (χ0) is 24.2. The van der Waals surface area contributed by atoms with Gasteiger partial charge in [0.2, 0.25) is 0 Å². The Balaban J connectivity index is 0.000000145. The van der Waals surface area contributed by atoms with Crippen LogP contribution >= 0.6 is 0 Å². The maximum absolute atomic E-state index is 11.4. The molecule has 6 aromatic rings. The van der Waals surface area contributed by atoms with E-state index in [0.717, 1.165) is 68.0 Å². The number of nitrogens with one attached hydrogen (secondary N) is 1. The number of aromatic nitrogens is 2. The van der Waals surface area contributed by atoms with Crippen LogP contribution in [0, 0.1) is 0 Å². The smallest absolute Gasteiger partial charge is 0.152 e. The van der Waals surface area contributed by atoms with E-state index >= 15 is 0 Å². The summed E-state index contributed by atoms with van der Waals surface area (Å²) in [4.78, 5) is 26.0. The van der Waals surface area contributed by atoms with Crippen molar-refractivity contribution in [1.82, 2.24) is 9.55 Å². The highest BCUT2D eigenvalue weighted by Gasteiger charge is 2.15. The topological polar surface area (TPSA) is 54.9 Å². The summed E-state index contributed by atoms with van der Waals surface area (Å²) in [5, 5.41) is 1.98. The quantitative estimate of drug-likeness (QED) is 0.283. The SMILES string of the molecule is Cn1c(-c2ccccc2)c(C=O)c2ccccc21.O=Cc1c(-c2ccccc2)[nH]c2ccccc12. The Morgan fingerprint density at radius 2 is 1.14 bits per heavy atom. The first kappa shape index (κ1) is 22.1. The van der Waals surface area contributed by atoms with Gasteiger partial charge in [-0.2, -0.15) is 0 Å². The van der Waals surface area contributed by atoms with E-state index in [4.69, 9.17) is 0 Å². The first-order valence-corrected chi connectivity index (χ1v) is 11.4. The fraction of sp³-hybridized carbons (Fsp3) is 0.0323. The molecule has 4 aromatic carbocycles. The molecule has 0 amide bonds. The highest BCUT2D eigenvalue weighted by atomic mass is 16.1. The van der Waals surface area contributed by atoms with Crippen molar-refractivity contribution in [2.75, 3.05) is 0 Å². The summed E-state index contributed by atoms with van der Waals surface area (Å²) in [5.41, 5.74) is 7.54. The lowest BCUT2D eigenvalue weighted by molar-refractivity contribution is 0.111. The van der Waals surface area contributed by atoms with Gasteiger partial charge < -0.3 is 9.55 Å². The van der Waals surface area contributed by atoms with Gasteiger partial charge in [-0.1, -0.05) is 97.1 Å². The molecule has 1 N–H and O–H groups in total. The lowest BCUT2D eigenvalue weighted by Gasteiger charge is -2.05. The molecule has 0 atom stereocenters. The number of H-pyrrole nitrogens is 1. The molecule has 0 bridgehead atoms. The first-order chi connectivity index (χ1) is 17.2. The number of nitrogens with zero attached hydrogens (tertiary/aromatic N) is 1. The van der Waals surface area contributed by atoms with Crippen LogP contribution in [0.3, 0.4) is 0 Å². The number of aromatic amines is 1. The normalized spacial score (nSPS) is 10.7. The third kappa shape index (κ3) is 4.06. The molecule has 0 aliphatic heterocycles. The largest absolute Gasteiger partial charge is 0.354 e. The fourth-order valence-electron chi connectivity index (χ4n) is 4.61. The van der Waals surface area contributed by atoms with E-state index in [2.05, 4.69) is 9.55 Å². The Hall–Kier alpha value is -4.70. The molecule has 4 heteroatoms. The Morgan fingerprint density at radius 1 is 0.600 bits per heavy atom. The van der Waals surface area contributed by atoms with Crippen LogP contribution in [0.2, 0.25) is 0 Å². The van der Waals surface area contributed by atoms with Gasteiger partial charge in [-0.25, -0.2) is 0 Å². The molecule has 170 valence electrons. The molecule has 0 unspecified atom stereocenters. The summed E-state index contributed by atoms with van der Waals surface area (Å²) in [5.74, 6) is 0. The molecule has 0 fully saturated rings. The van der Waals surface area contributed by atoms with Gasteiger partial charge in [-0.15, -0.1) is 0 Å². The van der Waals surface area contributed by atoms with E-state index < -0.39 is 0 Å². The number of rotatable bonds is 4. The van der Waals surface area contributed by atoms with Crippen molar-refractivity contribution in [3.8, 4) is 22.5 Å². The molecule has 0 saturated heterocycles. The molecule has 0 aliphatic rings. The number of para-hydroxylation sites is 2. The lowest BCUT2D eigenvalue weighted by atomic mass is 10.1. The Kier molecular flexibility index (Phi) is 6.10. The number of hydrogen-bond acceptors (Lipinski definition) is 2. The number of fused-ring (bicyclic) bond motifs is 2. The van der Waals surface area contributed by atoms with Gasteiger partial charge in [0.15, 0.2) is 12.6 Å². The van der Waals surface area contributed by atoms with E-state index in [1.165, 1.54) is 0 Å². The minimum absolute atomic E-state index is 0.729. The lowest BCUT2D eigenvalue weighted by Crippen LogP contribution is -1.93. The number of aldehydes is 2. The van der Waals surface area contributed by atoms with Crippen LogP contribution in [0.25, 0.3) is 44.3 Å². The van der Waals surface area contributed by atoms with Crippen LogP contribution < -0.4 is 0 Å². The average molecular weight is 457 g/mol. The molecular formula is C31H24N2O2. The maximum atomic E-state index is 11.4. The highest BCUT2D eigenvalue weighted by Crippen LogP contribution is 2.31. The van der Waals surface area contributed by atoms with Crippen LogP contribution in [-0.2, 0) is 7.05 Å². The van der Waals surface area contributed by atoms with E-state index in [-0.39, 0.29) is 0 Å². The molecule has 0 aliphatic carbocycles. The van der Waals surface area contributed by atoms with Crippen LogP contribution in [0.1, 0.15) is 20.7 Å². The summed E-state index contributed by atoms with van der Waals surface area (Å²) < 4.78 is 2.08. The number of carbonyl (C=O) groups is 2. The zero-order valence-corrected chi connectivity index (χ0v) is 19.3. The Labute approximate surface area is 203 Å². The summed E-state index contributed by atoms with van der Waals surface area (Å²) >= 11 is 0. The van der Waals surface area contributed by atoms with E-state index in [1.807, 2.05) is 116 Å². The van der Waals surface area contributed by atoms with E-state index in [0.29, 0.717) is 0 Å². The van der Waals surface area contributed by atoms with Crippen molar-refractivity contribution in [1.29, 1.82) is 0 Å². The van der Waals surface area contributed by atoms with Crippen LogP contribution in [0.4, 0.5) is 0 Å². The molecule has 0 spiro atoms. The standard InChI is InChI=1S/C16H13NO.C15H11NO/c1-17-15-10-6-5-9-13(15)14(11-18)16(17)12-7-3-2-4-8-12;17-10-13-12-8-4-5-9-14(12)16-15(13)11-6-2-1-3-7-11/h2-11H,1H3;1-10,16H. The third-order valence-electron chi connectivity index (χ3n) is 6.24. The molecule has 35 heavy (non-hydrogen) atoms. The molecule has 2 aromatic heterocycles. The number of hydrogen-bond donors (Lipinski definition) is 1. The predicted molar refractivity (Wildman–Crippen MR) is 143 cm³/mol. The van der Waals surface area contributed by atoms with Crippen molar-refractivity contribution in [3.63, 3.8) is 0 Å². The van der Waals surface area contributed by atoms with Crippen molar-refractivity contribution in [2.45, 2.75) is 0 Å². The zero-order valence-electron chi connectivity index (χ0n) is 19.3. The summed E-state index contributed by atoms with van der Waals surface area (Å²) in [7, 11) is 2.00. The number of carbonyl (C=O) groups excluding carboxylic acids is 2. The predicted octanol–water partition coefficient (Wildman–Crippen LogP) is 7.31. The molecule has 4 nitrogen and oxygen atoms in total. The Morgan fingerprint density at radius 3 is 1.80 bits per heavy atom. The third-order valence-corrected chi connectivity index (χ3v) is 6.24. The van der Waals surface area contributed by atoms with Gasteiger partial charge in [0, 0.05) is 40.0 Å². The fourth-order valence-corrected chi connectivity index (χ4v) is 4.61. The average Bonchev–Trinajstić information content (AvgIpc) is 3.45.